The molecule has 2 saturated carbocycles. The first-order valence-corrected chi connectivity index (χ1v) is 13.2. The molecule has 0 heterocycles. The summed E-state index contributed by atoms with van der Waals surface area (Å²) in [4.78, 5) is 13.0. The van der Waals surface area contributed by atoms with E-state index in [-0.39, 0.29) is 17.5 Å². The molecule has 0 bridgehead atoms. The van der Waals surface area contributed by atoms with E-state index in [4.69, 9.17) is 9.47 Å². The van der Waals surface area contributed by atoms with E-state index >= 15 is 0 Å². The van der Waals surface area contributed by atoms with Gasteiger partial charge < -0.3 is 14.6 Å². The van der Waals surface area contributed by atoms with Crippen LogP contribution in [0, 0.1) is 17.3 Å². The SMILES string of the molecule is CCCOC(Cc1ccccc1)C(=O)Oc1ccc2c(c1)CC[C@@H]1[C@@H]2CC[C@]2(C)[C@@H](O)CC[C@@H]12. The Balaban J connectivity index is 1.29. The molecular formula is C30H38O4. The van der Waals surface area contributed by atoms with Crippen molar-refractivity contribution in [2.45, 2.75) is 83.3 Å². The summed E-state index contributed by atoms with van der Waals surface area (Å²) in [5, 5.41) is 10.6. The zero-order valence-corrected chi connectivity index (χ0v) is 20.5. The van der Waals surface area contributed by atoms with E-state index in [1.807, 2.05) is 43.3 Å². The first kappa shape index (κ1) is 23.6. The van der Waals surface area contributed by atoms with E-state index in [1.165, 1.54) is 11.1 Å². The minimum Gasteiger partial charge on any atom is -0.425 e. The monoisotopic (exact) mass is 462 g/mol. The van der Waals surface area contributed by atoms with Gasteiger partial charge in [-0.1, -0.05) is 50.2 Å². The molecule has 4 nitrogen and oxygen atoms in total. The lowest BCUT2D eigenvalue weighted by Crippen LogP contribution is -2.43. The summed E-state index contributed by atoms with van der Waals surface area (Å²) in [7, 11) is 0. The van der Waals surface area contributed by atoms with Crippen molar-refractivity contribution in [3.8, 4) is 5.75 Å². The zero-order chi connectivity index (χ0) is 23.7. The Morgan fingerprint density at radius 3 is 2.74 bits per heavy atom. The molecule has 0 saturated heterocycles. The molecule has 2 aromatic rings. The van der Waals surface area contributed by atoms with Crippen molar-refractivity contribution in [2.75, 3.05) is 6.61 Å². The van der Waals surface area contributed by atoms with Crippen LogP contribution >= 0.6 is 0 Å². The molecule has 3 aliphatic rings. The minimum atomic E-state index is -0.604. The molecule has 0 aliphatic heterocycles. The number of aryl methyl sites for hydroxylation is 1. The fraction of sp³-hybridized carbons (Fsp3) is 0.567. The van der Waals surface area contributed by atoms with Crippen LogP contribution in [0.5, 0.6) is 5.75 Å². The predicted octanol–water partition coefficient (Wildman–Crippen LogP) is 5.85. The summed E-state index contributed by atoms with van der Waals surface area (Å²) in [5.41, 5.74) is 3.92. The van der Waals surface area contributed by atoms with E-state index in [0.29, 0.717) is 36.5 Å². The highest BCUT2D eigenvalue weighted by Gasteiger charge is 2.54. The fourth-order valence-corrected chi connectivity index (χ4v) is 7.08. The topological polar surface area (TPSA) is 55.8 Å². The molecule has 0 radical (unpaired) electrons. The molecule has 0 spiro atoms. The number of carbonyl (C=O) groups is 1. The van der Waals surface area contributed by atoms with E-state index in [9.17, 15) is 9.90 Å². The van der Waals surface area contributed by atoms with Crippen molar-refractivity contribution in [2.24, 2.45) is 17.3 Å². The molecule has 0 aromatic heterocycles. The van der Waals surface area contributed by atoms with Gasteiger partial charge in [0.2, 0.25) is 0 Å². The van der Waals surface area contributed by atoms with E-state index in [2.05, 4.69) is 19.1 Å². The van der Waals surface area contributed by atoms with Crippen LogP contribution in [0.2, 0.25) is 0 Å². The molecule has 34 heavy (non-hydrogen) atoms. The standard InChI is InChI=1S/C30H38O4/c1-3-17-33-27(18-20-7-5-4-6-8-20)29(32)34-22-10-12-23-21(19-22)9-11-25-24(23)15-16-30(2)26(25)13-14-28(30)31/h4-8,10,12,19,24-28,31H,3,9,11,13-18H2,1-2H3/t24-,25-,26+,27?,28+,30+/m1/s1. The molecule has 4 heteroatoms. The number of hydrogen-bond acceptors (Lipinski definition) is 4. The average molecular weight is 463 g/mol. The lowest BCUT2D eigenvalue weighted by molar-refractivity contribution is -0.147. The smallest absolute Gasteiger partial charge is 0.340 e. The maximum atomic E-state index is 13.0. The first-order valence-electron chi connectivity index (χ1n) is 13.2. The predicted molar refractivity (Wildman–Crippen MR) is 133 cm³/mol. The minimum absolute atomic E-state index is 0.0976. The Kier molecular flexibility index (Phi) is 6.81. The molecule has 1 unspecified atom stereocenters. The van der Waals surface area contributed by atoms with Crippen molar-refractivity contribution >= 4 is 5.97 Å². The normalized spacial score (nSPS) is 30.7. The van der Waals surface area contributed by atoms with Gasteiger partial charge in [-0.05, 0) is 96.9 Å². The Bertz CT molecular complexity index is 1000. The molecule has 2 fully saturated rings. The number of hydrogen-bond donors (Lipinski definition) is 1. The van der Waals surface area contributed by atoms with Crippen LogP contribution in [0.15, 0.2) is 48.5 Å². The molecule has 2 aromatic carbocycles. The van der Waals surface area contributed by atoms with Gasteiger partial charge in [-0.15, -0.1) is 0 Å². The summed E-state index contributed by atoms with van der Waals surface area (Å²) in [6.45, 7) is 4.90. The largest absolute Gasteiger partial charge is 0.425 e. The van der Waals surface area contributed by atoms with Gasteiger partial charge in [-0.2, -0.15) is 0 Å². The van der Waals surface area contributed by atoms with Crippen LogP contribution in [-0.2, 0) is 22.4 Å². The number of aliphatic hydroxyl groups excluding tert-OH is 1. The van der Waals surface area contributed by atoms with Gasteiger partial charge in [0, 0.05) is 13.0 Å². The van der Waals surface area contributed by atoms with Gasteiger partial charge in [-0.25, -0.2) is 4.79 Å². The van der Waals surface area contributed by atoms with Gasteiger partial charge >= 0.3 is 5.97 Å². The first-order chi connectivity index (χ1) is 16.5. The van der Waals surface area contributed by atoms with Crippen LogP contribution in [0.4, 0.5) is 0 Å². The summed E-state index contributed by atoms with van der Waals surface area (Å²) >= 11 is 0. The molecule has 0 amide bonds. The van der Waals surface area contributed by atoms with Gasteiger partial charge in [0.1, 0.15) is 5.75 Å². The summed E-state index contributed by atoms with van der Waals surface area (Å²) in [6.07, 6.45) is 7.17. The van der Waals surface area contributed by atoms with Crippen molar-refractivity contribution < 1.29 is 19.4 Å². The van der Waals surface area contributed by atoms with Crippen molar-refractivity contribution in [1.82, 2.24) is 0 Å². The van der Waals surface area contributed by atoms with Gasteiger partial charge in [0.15, 0.2) is 6.10 Å². The highest BCUT2D eigenvalue weighted by Crippen LogP contribution is 2.60. The molecule has 1 N–H and O–H groups in total. The molecule has 3 aliphatic carbocycles. The maximum absolute atomic E-state index is 13.0. The number of rotatable bonds is 7. The Morgan fingerprint density at radius 1 is 1.12 bits per heavy atom. The second kappa shape index (κ2) is 9.83. The second-order valence-electron chi connectivity index (χ2n) is 10.9. The number of ether oxygens (including phenoxy) is 2. The molecule has 182 valence electrons. The number of esters is 1. The average Bonchev–Trinajstić information content (AvgIpc) is 3.16. The van der Waals surface area contributed by atoms with Gasteiger partial charge in [0.25, 0.3) is 0 Å². The highest BCUT2D eigenvalue weighted by atomic mass is 16.6. The van der Waals surface area contributed by atoms with Crippen molar-refractivity contribution in [3.05, 3.63) is 65.2 Å². The van der Waals surface area contributed by atoms with E-state index in [0.717, 1.165) is 50.5 Å². The number of fused-ring (bicyclic) bond motifs is 5. The lowest BCUT2D eigenvalue weighted by Gasteiger charge is -2.50. The van der Waals surface area contributed by atoms with Crippen LogP contribution in [0.3, 0.4) is 0 Å². The summed E-state index contributed by atoms with van der Waals surface area (Å²) in [6, 6.07) is 16.2. The van der Waals surface area contributed by atoms with Crippen molar-refractivity contribution in [1.29, 1.82) is 0 Å². The molecule has 5 rings (SSSR count). The third-order valence-electron chi connectivity index (χ3n) is 8.92. The number of carbonyl (C=O) groups excluding carboxylic acids is 1. The Labute approximate surface area is 203 Å². The number of benzene rings is 2. The van der Waals surface area contributed by atoms with Crippen molar-refractivity contribution in [3.63, 3.8) is 0 Å². The third-order valence-corrected chi connectivity index (χ3v) is 8.92. The maximum Gasteiger partial charge on any atom is 0.340 e. The Hall–Kier alpha value is -2.17. The fourth-order valence-electron chi connectivity index (χ4n) is 7.08. The quantitative estimate of drug-likeness (QED) is 0.414. The zero-order valence-electron chi connectivity index (χ0n) is 20.5. The third kappa shape index (κ3) is 4.43. The Morgan fingerprint density at radius 2 is 1.94 bits per heavy atom. The molecule has 6 atom stereocenters. The second-order valence-corrected chi connectivity index (χ2v) is 10.9. The number of aliphatic hydroxyl groups is 1. The lowest BCUT2D eigenvalue weighted by atomic mass is 9.55. The van der Waals surface area contributed by atoms with Crippen LogP contribution < -0.4 is 4.74 Å². The summed E-state index contributed by atoms with van der Waals surface area (Å²) in [5.74, 6) is 2.16. The highest BCUT2D eigenvalue weighted by molar-refractivity contribution is 5.77. The van der Waals surface area contributed by atoms with Gasteiger partial charge in [0.05, 0.1) is 6.10 Å². The van der Waals surface area contributed by atoms with Crippen LogP contribution in [0.25, 0.3) is 0 Å². The summed E-state index contributed by atoms with van der Waals surface area (Å²) < 4.78 is 11.7. The van der Waals surface area contributed by atoms with E-state index < -0.39 is 6.10 Å². The molecular weight excluding hydrogens is 424 g/mol. The van der Waals surface area contributed by atoms with Crippen LogP contribution in [0.1, 0.15) is 75.0 Å². The van der Waals surface area contributed by atoms with Crippen LogP contribution in [-0.4, -0.2) is 29.9 Å². The van der Waals surface area contributed by atoms with E-state index in [1.54, 1.807) is 0 Å². The van der Waals surface area contributed by atoms with Gasteiger partial charge in [-0.3, -0.25) is 0 Å².